The van der Waals surface area contributed by atoms with E-state index in [0.717, 1.165) is 16.6 Å². The summed E-state index contributed by atoms with van der Waals surface area (Å²) in [5.41, 5.74) is 0.209. The molecule has 0 heterocycles. The molecular formula is C24H30Cl2N4O6S. The fourth-order valence-electron chi connectivity index (χ4n) is 3.57. The fourth-order valence-corrected chi connectivity index (χ4v) is 4.73. The molecular weight excluding hydrogens is 543 g/mol. The first-order chi connectivity index (χ1) is 17.3. The first-order valence-corrected chi connectivity index (χ1v) is 14.1. The molecule has 37 heavy (non-hydrogen) atoms. The summed E-state index contributed by atoms with van der Waals surface area (Å²) in [5, 5.41) is 14.7. The van der Waals surface area contributed by atoms with Gasteiger partial charge in [0.25, 0.3) is 5.69 Å². The van der Waals surface area contributed by atoms with Crippen LogP contribution in [0, 0.1) is 10.1 Å². The van der Waals surface area contributed by atoms with Crippen LogP contribution >= 0.6 is 23.2 Å². The van der Waals surface area contributed by atoms with Crippen molar-refractivity contribution < 1.29 is 22.9 Å². The van der Waals surface area contributed by atoms with Crippen molar-refractivity contribution in [2.24, 2.45) is 0 Å². The summed E-state index contributed by atoms with van der Waals surface area (Å²) in [6, 6.07) is 8.72. The predicted octanol–water partition coefficient (Wildman–Crippen LogP) is 4.39. The SMILES string of the molecule is CC[C@@H](C)NC(=O)[C@H](CC)N(Cc1ccc(Cl)c(Cl)c1)C(=O)CN(c1cccc([N+](=O)[O-])c1)S(C)(=O)=O. The van der Waals surface area contributed by atoms with Crippen LogP contribution in [0.5, 0.6) is 0 Å². The van der Waals surface area contributed by atoms with Gasteiger partial charge in [0.15, 0.2) is 0 Å². The molecule has 1 N–H and O–H groups in total. The molecule has 0 saturated carbocycles. The molecule has 0 aliphatic rings. The average Bonchev–Trinajstić information content (AvgIpc) is 2.83. The van der Waals surface area contributed by atoms with Gasteiger partial charge in [-0.2, -0.15) is 0 Å². The Hall–Kier alpha value is -2.89. The van der Waals surface area contributed by atoms with Gasteiger partial charge in [-0.1, -0.05) is 49.2 Å². The third-order valence-corrected chi connectivity index (χ3v) is 7.61. The molecule has 0 aliphatic heterocycles. The first-order valence-electron chi connectivity index (χ1n) is 11.5. The Bertz CT molecular complexity index is 1260. The zero-order valence-electron chi connectivity index (χ0n) is 21.0. The number of halogens is 2. The van der Waals surface area contributed by atoms with Crippen LogP contribution in [0.2, 0.25) is 10.0 Å². The van der Waals surface area contributed by atoms with Gasteiger partial charge >= 0.3 is 0 Å². The summed E-state index contributed by atoms with van der Waals surface area (Å²) in [6.45, 7) is 4.77. The summed E-state index contributed by atoms with van der Waals surface area (Å²) >= 11 is 12.2. The fraction of sp³-hybridized carbons (Fsp3) is 0.417. The van der Waals surface area contributed by atoms with E-state index in [1.165, 1.54) is 23.1 Å². The second-order valence-electron chi connectivity index (χ2n) is 8.56. The molecule has 0 bridgehead atoms. The molecule has 0 fully saturated rings. The molecule has 0 aromatic heterocycles. The van der Waals surface area contributed by atoms with Gasteiger partial charge in [-0.15, -0.1) is 0 Å². The molecule has 2 atom stereocenters. The minimum atomic E-state index is -4.03. The van der Waals surface area contributed by atoms with Crippen molar-refractivity contribution >= 4 is 56.4 Å². The molecule has 2 rings (SSSR count). The van der Waals surface area contributed by atoms with Crippen molar-refractivity contribution in [2.75, 3.05) is 17.1 Å². The predicted molar refractivity (Wildman–Crippen MR) is 144 cm³/mol. The van der Waals surface area contributed by atoms with Crippen molar-refractivity contribution in [3.63, 3.8) is 0 Å². The monoisotopic (exact) mass is 572 g/mol. The number of rotatable bonds is 12. The largest absolute Gasteiger partial charge is 0.352 e. The van der Waals surface area contributed by atoms with Crippen molar-refractivity contribution in [1.29, 1.82) is 0 Å². The van der Waals surface area contributed by atoms with E-state index in [0.29, 0.717) is 17.0 Å². The molecule has 0 unspecified atom stereocenters. The number of anilines is 1. The Morgan fingerprint density at radius 2 is 1.76 bits per heavy atom. The van der Waals surface area contributed by atoms with Crippen molar-refractivity contribution in [3.8, 4) is 0 Å². The lowest BCUT2D eigenvalue weighted by molar-refractivity contribution is -0.384. The minimum Gasteiger partial charge on any atom is -0.352 e. The molecule has 0 radical (unpaired) electrons. The summed E-state index contributed by atoms with van der Waals surface area (Å²) in [7, 11) is -4.03. The van der Waals surface area contributed by atoms with Crippen LogP contribution in [0.4, 0.5) is 11.4 Å². The number of sulfonamides is 1. The first kappa shape index (κ1) is 30.3. The number of carbonyl (C=O) groups is 2. The number of nitrogens with one attached hydrogen (secondary N) is 1. The van der Waals surface area contributed by atoms with Gasteiger partial charge < -0.3 is 10.2 Å². The van der Waals surface area contributed by atoms with Crippen LogP contribution in [0.25, 0.3) is 0 Å². The second-order valence-corrected chi connectivity index (χ2v) is 11.3. The van der Waals surface area contributed by atoms with Crippen LogP contribution in [0.1, 0.15) is 39.2 Å². The van der Waals surface area contributed by atoms with Crippen LogP contribution in [-0.4, -0.2) is 54.9 Å². The number of nitro groups is 1. The standard InChI is InChI=1S/C24H30Cl2N4O6S/c1-5-16(3)27-24(32)22(6-2)28(14-17-10-11-20(25)21(26)12-17)23(31)15-29(37(4,35)36)18-8-7-9-19(13-18)30(33)34/h7-13,16,22H,5-6,14-15H2,1-4H3,(H,27,32)/t16-,22+/m1/s1. The Kier molecular flexibility index (Phi) is 10.7. The minimum absolute atomic E-state index is 0.0448. The number of amides is 2. The molecule has 0 aliphatic carbocycles. The highest BCUT2D eigenvalue weighted by Crippen LogP contribution is 2.26. The summed E-state index contributed by atoms with van der Waals surface area (Å²) in [5.74, 6) is -1.05. The van der Waals surface area contributed by atoms with E-state index in [-0.39, 0.29) is 41.3 Å². The van der Waals surface area contributed by atoms with Crippen LogP contribution in [-0.2, 0) is 26.2 Å². The van der Waals surface area contributed by atoms with E-state index in [4.69, 9.17) is 23.2 Å². The molecule has 202 valence electrons. The third kappa shape index (κ3) is 8.31. The lowest BCUT2D eigenvalue weighted by Crippen LogP contribution is -2.53. The van der Waals surface area contributed by atoms with E-state index in [9.17, 15) is 28.1 Å². The normalized spacial score (nSPS) is 12.9. The number of non-ortho nitro benzene ring substituents is 1. The molecule has 2 aromatic rings. The molecule has 10 nitrogen and oxygen atoms in total. The van der Waals surface area contributed by atoms with Crippen LogP contribution in [0.15, 0.2) is 42.5 Å². The summed E-state index contributed by atoms with van der Waals surface area (Å²) in [6.07, 6.45) is 1.83. The number of benzene rings is 2. The average molecular weight is 573 g/mol. The van der Waals surface area contributed by atoms with Gasteiger partial charge in [0.2, 0.25) is 21.8 Å². The van der Waals surface area contributed by atoms with Gasteiger partial charge in [-0.05, 0) is 43.5 Å². The van der Waals surface area contributed by atoms with Crippen molar-refractivity contribution in [2.45, 2.75) is 52.2 Å². The molecule has 2 aromatic carbocycles. The Morgan fingerprint density at radius 1 is 1.08 bits per heavy atom. The number of hydrogen-bond donors (Lipinski definition) is 1. The Morgan fingerprint density at radius 3 is 2.30 bits per heavy atom. The molecule has 0 spiro atoms. The number of nitro benzene ring substituents is 1. The van der Waals surface area contributed by atoms with Gasteiger partial charge in [0.1, 0.15) is 12.6 Å². The zero-order valence-corrected chi connectivity index (χ0v) is 23.3. The van der Waals surface area contributed by atoms with Gasteiger partial charge in [0.05, 0.1) is 26.9 Å². The van der Waals surface area contributed by atoms with Crippen LogP contribution < -0.4 is 9.62 Å². The molecule has 13 heteroatoms. The number of nitrogens with zero attached hydrogens (tertiary/aromatic N) is 3. The smallest absolute Gasteiger partial charge is 0.271 e. The maximum atomic E-state index is 13.7. The number of hydrogen-bond acceptors (Lipinski definition) is 6. The lowest BCUT2D eigenvalue weighted by Gasteiger charge is -2.33. The molecule has 2 amide bonds. The van der Waals surface area contributed by atoms with Gasteiger partial charge in [-0.25, -0.2) is 8.42 Å². The van der Waals surface area contributed by atoms with Gasteiger partial charge in [-0.3, -0.25) is 24.0 Å². The van der Waals surface area contributed by atoms with E-state index in [2.05, 4.69) is 5.32 Å². The lowest BCUT2D eigenvalue weighted by atomic mass is 10.1. The highest BCUT2D eigenvalue weighted by atomic mass is 35.5. The highest BCUT2D eigenvalue weighted by molar-refractivity contribution is 7.92. The topological polar surface area (TPSA) is 130 Å². The summed E-state index contributed by atoms with van der Waals surface area (Å²) < 4.78 is 26.1. The highest BCUT2D eigenvalue weighted by Gasteiger charge is 2.32. The van der Waals surface area contributed by atoms with E-state index >= 15 is 0 Å². The maximum Gasteiger partial charge on any atom is 0.271 e. The quantitative estimate of drug-likeness (QED) is 0.296. The van der Waals surface area contributed by atoms with Crippen LogP contribution in [0.3, 0.4) is 0 Å². The maximum absolute atomic E-state index is 13.7. The van der Waals surface area contributed by atoms with E-state index in [1.54, 1.807) is 25.1 Å². The number of carbonyl (C=O) groups excluding carboxylic acids is 2. The third-order valence-electron chi connectivity index (χ3n) is 5.73. The van der Waals surface area contributed by atoms with E-state index in [1.807, 2.05) is 13.8 Å². The zero-order chi connectivity index (χ0) is 27.9. The van der Waals surface area contributed by atoms with Crippen molar-refractivity contribution in [3.05, 3.63) is 68.2 Å². The van der Waals surface area contributed by atoms with Gasteiger partial charge in [0, 0.05) is 24.7 Å². The second kappa shape index (κ2) is 13.1. The van der Waals surface area contributed by atoms with E-state index < -0.39 is 33.4 Å². The van der Waals surface area contributed by atoms with Crippen molar-refractivity contribution in [1.82, 2.24) is 10.2 Å². The Balaban J connectivity index is 2.50. The summed E-state index contributed by atoms with van der Waals surface area (Å²) in [4.78, 5) is 38.6. The molecule has 0 saturated heterocycles. The Labute approximate surface area is 226 Å².